The van der Waals surface area contributed by atoms with E-state index < -0.39 is 0 Å². The SMILES string of the molecule is NCc1ccc2ccn(CC3CCC3)c2c1. The summed E-state index contributed by atoms with van der Waals surface area (Å²) in [6.07, 6.45) is 6.42. The molecule has 1 aliphatic rings. The third-order valence-corrected chi connectivity index (χ3v) is 3.75. The normalized spacial score (nSPS) is 16.6. The van der Waals surface area contributed by atoms with E-state index in [1.807, 2.05) is 0 Å². The molecule has 0 amide bonds. The molecule has 0 unspecified atom stereocenters. The number of nitrogens with zero attached hydrogens (tertiary/aromatic N) is 1. The summed E-state index contributed by atoms with van der Waals surface area (Å²) in [5.74, 6) is 0.900. The smallest absolute Gasteiger partial charge is 0.0483 e. The maximum absolute atomic E-state index is 5.69. The van der Waals surface area contributed by atoms with Crippen LogP contribution in [0, 0.1) is 5.92 Å². The van der Waals surface area contributed by atoms with Crippen molar-refractivity contribution in [3.63, 3.8) is 0 Å². The van der Waals surface area contributed by atoms with Crippen LogP contribution in [0.5, 0.6) is 0 Å². The van der Waals surface area contributed by atoms with Crippen LogP contribution in [0.15, 0.2) is 30.5 Å². The van der Waals surface area contributed by atoms with Crippen LogP contribution in [0.25, 0.3) is 10.9 Å². The van der Waals surface area contributed by atoms with Crippen molar-refractivity contribution in [2.75, 3.05) is 0 Å². The van der Waals surface area contributed by atoms with Crippen LogP contribution in [0.3, 0.4) is 0 Å². The maximum Gasteiger partial charge on any atom is 0.0483 e. The van der Waals surface area contributed by atoms with Crippen molar-refractivity contribution >= 4 is 10.9 Å². The summed E-state index contributed by atoms with van der Waals surface area (Å²) in [5, 5.41) is 1.33. The molecule has 1 heterocycles. The second-order valence-electron chi connectivity index (χ2n) is 4.86. The number of hydrogen-bond acceptors (Lipinski definition) is 1. The summed E-state index contributed by atoms with van der Waals surface area (Å²) in [5.41, 5.74) is 8.25. The summed E-state index contributed by atoms with van der Waals surface area (Å²) in [6, 6.07) is 8.73. The molecule has 2 N–H and O–H groups in total. The van der Waals surface area contributed by atoms with E-state index in [1.54, 1.807) is 0 Å². The molecular formula is C14H18N2. The fourth-order valence-electron chi connectivity index (χ4n) is 2.47. The molecule has 0 bridgehead atoms. The third kappa shape index (κ3) is 1.63. The Bertz CT molecular complexity index is 494. The molecule has 0 atom stereocenters. The van der Waals surface area contributed by atoms with E-state index in [0.717, 1.165) is 5.92 Å². The van der Waals surface area contributed by atoms with E-state index in [4.69, 9.17) is 5.73 Å². The first-order valence-electron chi connectivity index (χ1n) is 6.14. The molecule has 2 heteroatoms. The van der Waals surface area contributed by atoms with Gasteiger partial charge in [-0.2, -0.15) is 0 Å². The van der Waals surface area contributed by atoms with Gasteiger partial charge in [-0.05, 0) is 41.8 Å². The van der Waals surface area contributed by atoms with Crippen LogP contribution >= 0.6 is 0 Å². The number of benzene rings is 1. The highest BCUT2D eigenvalue weighted by molar-refractivity contribution is 5.80. The van der Waals surface area contributed by atoms with Gasteiger partial charge < -0.3 is 10.3 Å². The zero-order valence-electron chi connectivity index (χ0n) is 9.52. The zero-order chi connectivity index (χ0) is 11.0. The molecule has 1 aliphatic carbocycles. The van der Waals surface area contributed by atoms with Gasteiger partial charge in [0.15, 0.2) is 0 Å². The lowest BCUT2D eigenvalue weighted by atomic mass is 9.85. The molecule has 3 rings (SSSR count). The average molecular weight is 214 g/mol. The van der Waals surface area contributed by atoms with Crippen molar-refractivity contribution < 1.29 is 0 Å². The fraction of sp³-hybridized carbons (Fsp3) is 0.429. The lowest BCUT2D eigenvalue weighted by Gasteiger charge is -2.26. The molecule has 1 fully saturated rings. The van der Waals surface area contributed by atoms with Gasteiger partial charge in [-0.15, -0.1) is 0 Å². The fourth-order valence-corrected chi connectivity index (χ4v) is 2.47. The number of hydrogen-bond donors (Lipinski definition) is 1. The summed E-state index contributed by atoms with van der Waals surface area (Å²) in [7, 11) is 0. The number of rotatable bonds is 3. The van der Waals surface area contributed by atoms with Gasteiger partial charge in [0.25, 0.3) is 0 Å². The molecule has 0 spiro atoms. The first kappa shape index (κ1) is 9.91. The van der Waals surface area contributed by atoms with E-state index in [-0.39, 0.29) is 0 Å². The Kier molecular flexibility index (Phi) is 2.44. The minimum absolute atomic E-state index is 0.630. The number of aromatic nitrogens is 1. The van der Waals surface area contributed by atoms with Crippen LogP contribution in [-0.4, -0.2) is 4.57 Å². The minimum Gasteiger partial charge on any atom is -0.347 e. The predicted molar refractivity (Wildman–Crippen MR) is 67.2 cm³/mol. The Labute approximate surface area is 96.1 Å². The van der Waals surface area contributed by atoms with Crippen molar-refractivity contribution in [3.8, 4) is 0 Å². The first-order chi connectivity index (χ1) is 7.86. The van der Waals surface area contributed by atoms with Crippen LogP contribution in [-0.2, 0) is 13.1 Å². The molecule has 0 aliphatic heterocycles. The molecule has 1 saturated carbocycles. The largest absolute Gasteiger partial charge is 0.347 e. The van der Waals surface area contributed by atoms with Gasteiger partial charge in [0.2, 0.25) is 0 Å². The lowest BCUT2D eigenvalue weighted by Crippen LogP contribution is -2.17. The van der Waals surface area contributed by atoms with Crippen LogP contribution in [0.1, 0.15) is 24.8 Å². The molecule has 0 saturated heterocycles. The Morgan fingerprint density at radius 1 is 1.25 bits per heavy atom. The van der Waals surface area contributed by atoms with Crippen molar-refractivity contribution in [2.45, 2.75) is 32.4 Å². The standard InChI is InChI=1S/C14H18N2/c15-9-12-4-5-13-6-7-16(14(13)8-12)10-11-2-1-3-11/h4-8,11H,1-3,9-10,15H2. The second kappa shape index (κ2) is 3.95. The molecular weight excluding hydrogens is 196 g/mol. The van der Waals surface area contributed by atoms with Crippen LogP contribution in [0.4, 0.5) is 0 Å². The Balaban J connectivity index is 1.96. The van der Waals surface area contributed by atoms with Gasteiger partial charge in [-0.3, -0.25) is 0 Å². The molecule has 2 aromatic rings. The summed E-state index contributed by atoms with van der Waals surface area (Å²) >= 11 is 0. The Hall–Kier alpha value is -1.28. The molecule has 1 aromatic heterocycles. The summed E-state index contributed by atoms with van der Waals surface area (Å²) < 4.78 is 2.39. The highest BCUT2D eigenvalue weighted by atomic mass is 15.0. The molecule has 1 aromatic carbocycles. The third-order valence-electron chi connectivity index (χ3n) is 3.75. The Morgan fingerprint density at radius 2 is 2.12 bits per heavy atom. The summed E-state index contributed by atoms with van der Waals surface area (Å²) in [4.78, 5) is 0. The van der Waals surface area contributed by atoms with Gasteiger partial charge in [0.05, 0.1) is 0 Å². The van der Waals surface area contributed by atoms with E-state index in [0.29, 0.717) is 6.54 Å². The highest BCUT2D eigenvalue weighted by Crippen LogP contribution is 2.29. The Morgan fingerprint density at radius 3 is 2.81 bits per heavy atom. The predicted octanol–water partition coefficient (Wildman–Crippen LogP) is 2.90. The maximum atomic E-state index is 5.69. The molecule has 84 valence electrons. The molecule has 16 heavy (non-hydrogen) atoms. The van der Waals surface area contributed by atoms with Crippen molar-refractivity contribution in [1.29, 1.82) is 0 Å². The lowest BCUT2D eigenvalue weighted by molar-refractivity contribution is 0.280. The molecule has 2 nitrogen and oxygen atoms in total. The van der Waals surface area contributed by atoms with Crippen LogP contribution in [0.2, 0.25) is 0 Å². The minimum atomic E-state index is 0.630. The van der Waals surface area contributed by atoms with E-state index in [2.05, 4.69) is 35.0 Å². The van der Waals surface area contributed by atoms with Gasteiger partial charge in [0.1, 0.15) is 0 Å². The van der Waals surface area contributed by atoms with Crippen molar-refractivity contribution in [3.05, 3.63) is 36.0 Å². The average Bonchev–Trinajstić information content (AvgIpc) is 2.65. The van der Waals surface area contributed by atoms with Crippen molar-refractivity contribution in [2.24, 2.45) is 11.7 Å². The number of nitrogens with two attached hydrogens (primary N) is 1. The number of fused-ring (bicyclic) bond motifs is 1. The monoisotopic (exact) mass is 214 g/mol. The zero-order valence-corrected chi connectivity index (χ0v) is 9.52. The van der Waals surface area contributed by atoms with Crippen LogP contribution < -0.4 is 5.73 Å². The second-order valence-corrected chi connectivity index (χ2v) is 4.86. The topological polar surface area (TPSA) is 30.9 Å². The quantitative estimate of drug-likeness (QED) is 0.836. The van der Waals surface area contributed by atoms with E-state index in [9.17, 15) is 0 Å². The van der Waals surface area contributed by atoms with E-state index in [1.165, 1.54) is 42.3 Å². The van der Waals surface area contributed by atoms with Crippen molar-refractivity contribution in [1.82, 2.24) is 4.57 Å². The van der Waals surface area contributed by atoms with Gasteiger partial charge in [0, 0.05) is 24.8 Å². The van der Waals surface area contributed by atoms with Gasteiger partial charge in [-0.1, -0.05) is 18.6 Å². The first-order valence-corrected chi connectivity index (χ1v) is 6.14. The van der Waals surface area contributed by atoms with E-state index >= 15 is 0 Å². The summed E-state index contributed by atoms with van der Waals surface area (Å²) in [6.45, 7) is 1.81. The molecule has 0 radical (unpaired) electrons. The van der Waals surface area contributed by atoms with Gasteiger partial charge in [-0.25, -0.2) is 0 Å². The highest BCUT2D eigenvalue weighted by Gasteiger charge is 2.18. The van der Waals surface area contributed by atoms with Gasteiger partial charge >= 0.3 is 0 Å².